The quantitative estimate of drug-likeness (QED) is 0.405. The largest absolute Gasteiger partial charge is 0.481 e. The average Bonchev–Trinajstić information content (AvgIpc) is 3.19. The number of carbonyl (C=O) groups is 2. The number of carboxylic acid groups (broad SMARTS) is 1. The van der Waals surface area contributed by atoms with Gasteiger partial charge < -0.3 is 19.7 Å². The van der Waals surface area contributed by atoms with E-state index >= 15 is 0 Å². The summed E-state index contributed by atoms with van der Waals surface area (Å²) in [6, 6.07) is 0. The third-order valence-electron chi connectivity index (χ3n) is 8.72. The van der Waals surface area contributed by atoms with Gasteiger partial charge in [-0.3, -0.25) is 4.79 Å². The van der Waals surface area contributed by atoms with Crippen LogP contribution in [0.5, 0.6) is 0 Å². The molecular formula is C22H32O5. The summed E-state index contributed by atoms with van der Waals surface area (Å²) in [5.41, 5.74) is -1.63. The van der Waals surface area contributed by atoms with E-state index in [1.165, 1.54) is 0 Å². The van der Waals surface area contributed by atoms with Gasteiger partial charge in [0.2, 0.25) is 0 Å². The molecule has 5 heteroatoms. The molecule has 0 heterocycles. The topological polar surface area (TPSA) is 83.8 Å². The molecule has 27 heavy (non-hydrogen) atoms. The van der Waals surface area contributed by atoms with Crippen LogP contribution in [0.1, 0.15) is 46.5 Å². The lowest BCUT2D eigenvalue weighted by molar-refractivity contribution is -0.186. The molecule has 3 saturated carbocycles. The standard InChI is InChI=1S/C22H32O5/c1-13(2)18-8-15-9-20(11-24)17-5-4-14(3)16(17)10-21(15,12-27-7-6-23)22(18,20)19(25)26/h8,11,13-17,23H,4-7,9-10,12H2,1-3H3,(H,25,26)/t14-,15+,16-,17-,20+,21+,22+/m1/s1. The molecule has 0 radical (unpaired) electrons. The SMILES string of the molecule is CC(C)C1=C[C@H]2C[C@]3(C=O)[C@@H]4CC[C@@H](C)[C@H]4C[C@@]2(COCCO)[C@]13C(=O)O. The minimum Gasteiger partial charge on any atom is -0.481 e. The van der Waals surface area contributed by atoms with Crippen molar-refractivity contribution in [3.05, 3.63) is 11.6 Å². The van der Waals surface area contributed by atoms with Gasteiger partial charge in [0.25, 0.3) is 0 Å². The molecule has 0 amide bonds. The lowest BCUT2D eigenvalue weighted by Crippen LogP contribution is -2.63. The predicted molar refractivity (Wildman–Crippen MR) is 99.9 cm³/mol. The van der Waals surface area contributed by atoms with E-state index in [0.717, 1.165) is 31.1 Å². The van der Waals surface area contributed by atoms with Crippen LogP contribution in [-0.2, 0) is 14.3 Å². The monoisotopic (exact) mass is 376 g/mol. The van der Waals surface area contributed by atoms with E-state index in [1.54, 1.807) is 0 Å². The van der Waals surface area contributed by atoms with Crippen molar-refractivity contribution in [3.8, 4) is 0 Å². The number of carboxylic acids is 1. The molecule has 4 aliphatic rings. The maximum atomic E-state index is 13.1. The Kier molecular flexibility index (Phi) is 4.36. The highest BCUT2D eigenvalue weighted by Gasteiger charge is 2.84. The highest BCUT2D eigenvalue weighted by Crippen LogP contribution is 2.82. The smallest absolute Gasteiger partial charge is 0.315 e. The number of aldehydes is 1. The lowest BCUT2D eigenvalue weighted by atomic mass is 9.43. The summed E-state index contributed by atoms with van der Waals surface area (Å²) in [5.74, 6) is 0.341. The first kappa shape index (κ1) is 19.1. The zero-order valence-corrected chi connectivity index (χ0v) is 16.6. The van der Waals surface area contributed by atoms with Crippen molar-refractivity contribution in [2.24, 2.45) is 45.8 Å². The summed E-state index contributed by atoms with van der Waals surface area (Å²) >= 11 is 0. The normalized spacial score (nSPS) is 47.2. The molecule has 0 aliphatic heterocycles. The number of aliphatic carboxylic acids is 1. The molecule has 0 unspecified atom stereocenters. The van der Waals surface area contributed by atoms with Gasteiger partial charge in [-0.25, -0.2) is 0 Å². The summed E-state index contributed by atoms with van der Waals surface area (Å²) in [6.45, 7) is 6.78. The fraction of sp³-hybridized carbons (Fsp3) is 0.818. The second kappa shape index (κ2) is 6.15. The van der Waals surface area contributed by atoms with E-state index in [-0.39, 0.29) is 31.0 Å². The number of rotatable bonds is 7. The van der Waals surface area contributed by atoms with Crippen LogP contribution in [0, 0.1) is 45.8 Å². The summed E-state index contributed by atoms with van der Waals surface area (Å²) in [7, 11) is 0. The Balaban J connectivity index is 1.94. The van der Waals surface area contributed by atoms with Gasteiger partial charge in [0.15, 0.2) is 0 Å². The van der Waals surface area contributed by atoms with E-state index in [2.05, 4.69) is 13.0 Å². The molecule has 0 aromatic carbocycles. The van der Waals surface area contributed by atoms with E-state index in [1.807, 2.05) is 13.8 Å². The third-order valence-corrected chi connectivity index (χ3v) is 8.72. The number of hydrogen-bond acceptors (Lipinski definition) is 4. The fourth-order valence-electron chi connectivity index (χ4n) is 7.95. The van der Waals surface area contributed by atoms with Crippen molar-refractivity contribution in [1.29, 1.82) is 0 Å². The molecule has 4 rings (SSSR count). The Morgan fingerprint density at radius 3 is 2.70 bits per heavy atom. The van der Waals surface area contributed by atoms with Gasteiger partial charge in [-0.2, -0.15) is 0 Å². The van der Waals surface area contributed by atoms with Crippen LogP contribution in [0.4, 0.5) is 0 Å². The van der Waals surface area contributed by atoms with Gasteiger partial charge in [-0.15, -0.1) is 0 Å². The number of aliphatic hydroxyl groups excluding tert-OH is 1. The molecular weight excluding hydrogens is 344 g/mol. The van der Waals surface area contributed by atoms with Crippen LogP contribution in [0.3, 0.4) is 0 Å². The van der Waals surface area contributed by atoms with Crippen LogP contribution in [0.15, 0.2) is 11.6 Å². The molecule has 0 spiro atoms. The number of ether oxygens (including phenoxy) is 1. The third kappa shape index (κ3) is 1.97. The molecule has 0 aromatic heterocycles. The molecule has 2 N–H and O–H groups in total. The first-order valence-corrected chi connectivity index (χ1v) is 10.4. The maximum absolute atomic E-state index is 13.1. The molecule has 150 valence electrons. The van der Waals surface area contributed by atoms with E-state index in [0.29, 0.717) is 24.9 Å². The number of hydrogen-bond donors (Lipinski definition) is 2. The molecule has 0 saturated heterocycles. The molecule has 0 aromatic rings. The summed E-state index contributed by atoms with van der Waals surface area (Å²) in [4.78, 5) is 25.8. The van der Waals surface area contributed by atoms with Gasteiger partial charge in [-0.05, 0) is 48.9 Å². The summed E-state index contributed by atoms with van der Waals surface area (Å²) in [5, 5.41) is 19.9. The minimum atomic E-state index is -1.17. The van der Waals surface area contributed by atoms with Crippen molar-refractivity contribution in [3.63, 3.8) is 0 Å². The van der Waals surface area contributed by atoms with E-state index in [9.17, 15) is 19.8 Å². The maximum Gasteiger partial charge on any atom is 0.315 e. The zero-order chi connectivity index (χ0) is 19.6. The number of allylic oxidation sites excluding steroid dienone is 1. The summed E-state index contributed by atoms with van der Waals surface area (Å²) in [6.07, 6.45) is 6.67. The lowest BCUT2D eigenvalue weighted by Gasteiger charge is -2.58. The van der Waals surface area contributed by atoms with Gasteiger partial charge >= 0.3 is 5.97 Å². The highest BCUT2D eigenvalue weighted by atomic mass is 16.5. The molecule has 5 nitrogen and oxygen atoms in total. The first-order chi connectivity index (χ1) is 12.8. The average molecular weight is 376 g/mol. The van der Waals surface area contributed by atoms with Crippen molar-refractivity contribution in [2.45, 2.75) is 46.5 Å². The molecule has 7 atom stereocenters. The van der Waals surface area contributed by atoms with Crippen LogP contribution in [0.25, 0.3) is 0 Å². The number of carbonyl (C=O) groups excluding carboxylic acids is 1. The van der Waals surface area contributed by atoms with Crippen molar-refractivity contribution < 1.29 is 24.5 Å². The van der Waals surface area contributed by atoms with Gasteiger partial charge in [0.05, 0.1) is 25.2 Å². The van der Waals surface area contributed by atoms with Crippen LogP contribution >= 0.6 is 0 Å². The van der Waals surface area contributed by atoms with E-state index < -0.39 is 22.2 Å². The van der Waals surface area contributed by atoms with Crippen LogP contribution in [0.2, 0.25) is 0 Å². The Labute approximate surface area is 161 Å². The number of aliphatic hydroxyl groups is 1. The van der Waals surface area contributed by atoms with Crippen LogP contribution < -0.4 is 0 Å². The Bertz CT molecular complexity index is 684. The first-order valence-electron chi connectivity index (χ1n) is 10.4. The Hall–Kier alpha value is -1.20. The Morgan fingerprint density at radius 2 is 2.11 bits per heavy atom. The second-order valence-corrected chi connectivity index (χ2v) is 9.76. The van der Waals surface area contributed by atoms with Crippen molar-refractivity contribution >= 4 is 12.3 Å². The molecule has 3 fully saturated rings. The second-order valence-electron chi connectivity index (χ2n) is 9.76. The highest BCUT2D eigenvalue weighted by molar-refractivity contribution is 5.90. The fourth-order valence-corrected chi connectivity index (χ4v) is 7.95. The van der Waals surface area contributed by atoms with Crippen molar-refractivity contribution in [2.75, 3.05) is 19.8 Å². The molecule has 4 aliphatic carbocycles. The number of fused-ring (bicyclic) bond motifs is 2. The molecule has 4 bridgehead atoms. The Morgan fingerprint density at radius 1 is 1.37 bits per heavy atom. The van der Waals surface area contributed by atoms with E-state index in [4.69, 9.17) is 4.74 Å². The van der Waals surface area contributed by atoms with Gasteiger partial charge in [-0.1, -0.05) is 38.8 Å². The van der Waals surface area contributed by atoms with Crippen LogP contribution in [-0.4, -0.2) is 42.3 Å². The zero-order valence-electron chi connectivity index (χ0n) is 16.6. The van der Waals surface area contributed by atoms with Gasteiger partial charge in [0.1, 0.15) is 11.7 Å². The summed E-state index contributed by atoms with van der Waals surface area (Å²) < 4.78 is 5.84. The van der Waals surface area contributed by atoms with Gasteiger partial charge in [0, 0.05) is 5.41 Å². The predicted octanol–water partition coefficient (Wildman–Crippen LogP) is 2.92. The van der Waals surface area contributed by atoms with Crippen molar-refractivity contribution in [1.82, 2.24) is 0 Å². The minimum absolute atomic E-state index is 0.0627.